The van der Waals surface area contributed by atoms with Gasteiger partial charge in [-0.1, -0.05) is 41.9 Å². The fourth-order valence-corrected chi connectivity index (χ4v) is 2.92. The lowest BCUT2D eigenvalue weighted by Crippen LogP contribution is -2.36. The van der Waals surface area contributed by atoms with Crippen molar-refractivity contribution >= 4 is 28.9 Å². The molecule has 112 valence electrons. The monoisotopic (exact) mass is 312 g/mol. The molecule has 1 amide bonds. The standard InChI is InChI=1S/C18H17ClN2O/c1-3-21-16-10-9-14(19)11-15(16)17(20-12(2)18(21)22)13-7-5-4-6-8-13/h4-12H,3H2,1-2H3. The lowest BCUT2D eigenvalue weighted by molar-refractivity contribution is -0.119. The summed E-state index contributed by atoms with van der Waals surface area (Å²) in [6.07, 6.45) is 0. The summed E-state index contributed by atoms with van der Waals surface area (Å²) in [5.41, 5.74) is 3.57. The minimum absolute atomic E-state index is 0.0111. The Hall–Kier alpha value is -2.13. The Morgan fingerprint density at radius 1 is 1.18 bits per heavy atom. The molecule has 0 bridgehead atoms. The number of benzodiazepines with no additional fused rings is 1. The summed E-state index contributed by atoms with van der Waals surface area (Å²) >= 11 is 6.19. The van der Waals surface area contributed by atoms with Crippen LogP contribution in [0.3, 0.4) is 0 Å². The average Bonchev–Trinajstić information content (AvgIpc) is 2.64. The van der Waals surface area contributed by atoms with E-state index in [0.717, 1.165) is 22.5 Å². The molecular formula is C18H17ClN2O. The smallest absolute Gasteiger partial charge is 0.251 e. The van der Waals surface area contributed by atoms with Gasteiger partial charge in [-0.15, -0.1) is 0 Å². The van der Waals surface area contributed by atoms with Crippen molar-refractivity contribution in [2.24, 2.45) is 4.99 Å². The van der Waals surface area contributed by atoms with Crippen LogP contribution in [0, 0.1) is 0 Å². The van der Waals surface area contributed by atoms with Gasteiger partial charge in [-0.25, -0.2) is 0 Å². The Balaban J connectivity index is 2.27. The van der Waals surface area contributed by atoms with Crippen LogP contribution in [0.25, 0.3) is 0 Å². The summed E-state index contributed by atoms with van der Waals surface area (Å²) in [6, 6.07) is 15.1. The summed E-state index contributed by atoms with van der Waals surface area (Å²) in [5, 5.41) is 0.639. The van der Waals surface area contributed by atoms with Gasteiger partial charge in [0.05, 0.1) is 11.4 Å². The summed E-state index contributed by atoms with van der Waals surface area (Å²) in [5.74, 6) is 0.0111. The maximum absolute atomic E-state index is 12.6. The van der Waals surface area contributed by atoms with Gasteiger partial charge < -0.3 is 4.90 Å². The zero-order valence-electron chi connectivity index (χ0n) is 12.6. The van der Waals surface area contributed by atoms with Crippen LogP contribution in [-0.4, -0.2) is 24.2 Å². The zero-order valence-corrected chi connectivity index (χ0v) is 13.3. The van der Waals surface area contributed by atoms with Gasteiger partial charge in [0.2, 0.25) is 0 Å². The van der Waals surface area contributed by atoms with Crippen LogP contribution in [0.5, 0.6) is 0 Å². The molecule has 3 rings (SSSR count). The normalized spacial score (nSPS) is 17.8. The van der Waals surface area contributed by atoms with E-state index >= 15 is 0 Å². The van der Waals surface area contributed by atoms with Crippen LogP contribution in [0.15, 0.2) is 53.5 Å². The summed E-state index contributed by atoms with van der Waals surface area (Å²) in [6.45, 7) is 4.41. The average molecular weight is 313 g/mol. The SMILES string of the molecule is CCN1C(=O)C(C)N=C(c2ccccc2)c2cc(Cl)ccc21. The maximum atomic E-state index is 12.6. The predicted octanol–water partition coefficient (Wildman–Crippen LogP) is 3.93. The third-order valence-corrected chi connectivity index (χ3v) is 4.05. The minimum atomic E-state index is -0.415. The first-order valence-corrected chi connectivity index (χ1v) is 7.74. The molecule has 1 atom stereocenters. The first kappa shape index (κ1) is 14.8. The third kappa shape index (κ3) is 2.53. The number of carbonyl (C=O) groups is 1. The first-order chi connectivity index (χ1) is 10.6. The van der Waals surface area contributed by atoms with E-state index in [4.69, 9.17) is 11.6 Å². The highest BCUT2D eigenvalue weighted by molar-refractivity contribution is 6.32. The number of hydrogen-bond donors (Lipinski definition) is 0. The molecule has 1 aliphatic rings. The molecule has 0 N–H and O–H groups in total. The van der Waals surface area contributed by atoms with Gasteiger partial charge in [-0.05, 0) is 32.0 Å². The Bertz CT molecular complexity index is 740. The van der Waals surface area contributed by atoms with Crippen LogP contribution >= 0.6 is 11.6 Å². The number of amides is 1. The molecule has 0 spiro atoms. The molecule has 0 aromatic heterocycles. The number of nitrogens with zero attached hydrogens (tertiary/aromatic N) is 2. The molecule has 3 nitrogen and oxygen atoms in total. The molecule has 0 saturated heterocycles. The van der Waals surface area contributed by atoms with E-state index in [1.807, 2.05) is 62.4 Å². The largest absolute Gasteiger partial charge is 0.310 e. The molecule has 0 aliphatic carbocycles. The molecule has 0 saturated carbocycles. The van der Waals surface area contributed by atoms with E-state index in [0.29, 0.717) is 11.6 Å². The molecular weight excluding hydrogens is 296 g/mol. The van der Waals surface area contributed by atoms with Crippen LogP contribution in [0.1, 0.15) is 25.0 Å². The van der Waals surface area contributed by atoms with E-state index in [-0.39, 0.29) is 5.91 Å². The van der Waals surface area contributed by atoms with Gasteiger partial charge in [0.15, 0.2) is 0 Å². The predicted molar refractivity (Wildman–Crippen MR) is 91.0 cm³/mol. The molecule has 0 fully saturated rings. The number of anilines is 1. The van der Waals surface area contributed by atoms with Gasteiger partial charge >= 0.3 is 0 Å². The molecule has 0 radical (unpaired) electrons. The highest BCUT2D eigenvalue weighted by Crippen LogP contribution is 2.30. The molecule has 4 heteroatoms. The Morgan fingerprint density at radius 3 is 2.59 bits per heavy atom. The molecule has 1 unspecified atom stereocenters. The number of aliphatic imine (C=N–C) groups is 1. The van der Waals surface area contributed by atoms with Gasteiger partial charge in [0.25, 0.3) is 5.91 Å². The molecule has 2 aromatic carbocycles. The van der Waals surface area contributed by atoms with Crippen molar-refractivity contribution in [3.05, 3.63) is 64.7 Å². The van der Waals surface area contributed by atoms with E-state index < -0.39 is 6.04 Å². The maximum Gasteiger partial charge on any atom is 0.251 e. The number of rotatable bonds is 2. The summed E-state index contributed by atoms with van der Waals surface area (Å²) in [4.78, 5) is 19.0. The Kier molecular flexibility index (Phi) is 3.99. The number of carbonyl (C=O) groups excluding carboxylic acids is 1. The van der Waals surface area contributed by atoms with Crippen molar-refractivity contribution in [3.8, 4) is 0 Å². The fourth-order valence-electron chi connectivity index (χ4n) is 2.75. The van der Waals surface area contributed by atoms with E-state index in [1.54, 1.807) is 4.90 Å². The van der Waals surface area contributed by atoms with Crippen molar-refractivity contribution in [2.45, 2.75) is 19.9 Å². The van der Waals surface area contributed by atoms with Gasteiger partial charge in [0, 0.05) is 22.7 Å². The number of fused-ring (bicyclic) bond motifs is 1. The van der Waals surface area contributed by atoms with E-state index in [2.05, 4.69) is 4.99 Å². The quantitative estimate of drug-likeness (QED) is 0.827. The van der Waals surface area contributed by atoms with Crippen LogP contribution < -0.4 is 4.90 Å². The third-order valence-electron chi connectivity index (χ3n) is 3.81. The summed E-state index contributed by atoms with van der Waals surface area (Å²) < 4.78 is 0. The number of hydrogen-bond acceptors (Lipinski definition) is 2. The van der Waals surface area contributed by atoms with E-state index in [9.17, 15) is 4.79 Å². The van der Waals surface area contributed by atoms with Crippen LogP contribution in [0.2, 0.25) is 5.02 Å². The molecule has 1 aliphatic heterocycles. The van der Waals surface area contributed by atoms with Crippen molar-refractivity contribution in [2.75, 3.05) is 11.4 Å². The van der Waals surface area contributed by atoms with Crippen molar-refractivity contribution in [3.63, 3.8) is 0 Å². The highest BCUT2D eigenvalue weighted by atomic mass is 35.5. The lowest BCUT2D eigenvalue weighted by Gasteiger charge is -2.22. The number of halogens is 1. The van der Waals surface area contributed by atoms with Gasteiger partial charge in [0.1, 0.15) is 6.04 Å². The Morgan fingerprint density at radius 2 is 1.91 bits per heavy atom. The van der Waals surface area contributed by atoms with Gasteiger partial charge in [-0.3, -0.25) is 9.79 Å². The number of benzene rings is 2. The second-order valence-corrected chi connectivity index (χ2v) is 5.70. The van der Waals surface area contributed by atoms with Crippen molar-refractivity contribution in [1.29, 1.82) is 0 Å². The molecule has 22 heavy (non-hydrogen) atoms. The van der Waals surface area contributed by atoms with Crippen molar-refractivity contribution < 1.29 is 4.79 Å². The number of likely N-dealkylation sites (N-methyl/N-ethyl adjacent to an activating group) is 1. The minimum Gasteiger partial charge on any atom is -0.310 e. The van der Waals surface area contributed by atoms with Crippen LogP contribution in [0.4, 0.5) is 5.69 Å². The molecule has 2 aromatic rings. The summed E-state index contributed by atoms with van der Waals surface area (Å²) in [7, 11) is 0. The second kappa shape index (κ2) is 5.93. The second-order valence-electron chi connectivity index (χ2n) is 5.26. The first-order valence-electron chi connectivity index (χ1n) is 7.36. The highest BCUT2D eigenvalue weighted by Gasteiger charge is 2.28. The van der Waals surface area contributed by atoms with Crippen LogP contribution in [-0.2, 0) is 4.79 Å². The van der Waals surface area contributed by atoms with E-state index in [1.165, 1.54) is 0 Å². The topological polar surface area (TPSA) is 32.7 Å². The zero-order chi connectivity index (χ0) is 15.7. The fraction of sp³-hybridized carbons (Fsp3) is 0.222. The molecule has 1 heterocycles. The Labute approximate surface area is 135 Å². The van der Waals surface area contributed by atoms with Gasteiger partial charge in [-0.2, -0.15) is 0 Å². The lowest BCUT2D eigenvalue weighted by atomic mass is 10.0. The van der Waals surface area contributed by atoms with Crippen molar-refractivity contribution in [1.82, 2.24) is 0 Å².